The van der Waals surface area contributed by atoms with Crippen LogP contribution in [0.2, 0.25) is 0 Å². The largest absolute Gasteiger partial charge is 0.508 e. The van der Waals surface area contributed by atoms with Crippen LogP contribution in [0.25, 0.3) is 0 Å². The van der Waals surface area contributed by atoms with Crippen LogP contribution in [-0.2, 0) is 9.84 Å². The first-order valence-corrected chi connectivity index (χ1v) is 8.40. The van der Waals surface area contributed by atoms with Gasteiger partial charge in [0, 0.05) is 5.56 Å². The minimum Gasteiger partial charge on any atom is -0.508 e. The molecule has 5 heteroatoms. The highest BCUT2D eigenvalue weighted by molar-refractivity contribution is 7.91. The van der Waals surface area contributed by atoms with Gasteiger partial charge in [0.1, 0.15) is 11.5 Å². The van der Waals surface area contributed by atoms with Crippen LogP contribution >= 0.6 is 0 Å². The molecule has 2 N–H and O–H groups in total. The quantitative estimate of drug-likeness (QED) is 0.888. The van der Waals surface area contributed by atoms with Crippen LogP contribution in [0, 0.1) is 34.6 Å². The van der Waals surface area contributed by atoms with E-state index in [4.69, 9.17) is 0 Å². The van der Waals surface area contributed by atoms with E-state index in [0.717, 1.165) is 0 Å². The molecule has 2 rings (SSSR count). The molecule has 0 spiro atoms. The molecule has 0 aliphatic rings. The monoisotopic (exact) mass is 320 g/mol. The Labute approximate surface area is 131 Å². The summed E-state index contributed by atoms with van der Waals surface area (Å²) in [5.74, 6) is -0.0750. The molecule has 0 radical (unpaired) electrons. The fourth-order valence-corrected chi connectivity index (χ4v) is 4.74. The summed E-state index contributed by atoms with van der Waals surface area (Å²) in [6.45, 7) is 8.43. The van der Waals surface area contributed by atoms with Gasteiger partial charge in [0.25, 0.3) is 0 Å². The summed E-state index contributed by atoms with van der Waals surface area (Å²) >= 11 is 0. The van der Waals surface area contributed by atoms with Crippen molar-refractivity contribution in [1.29, 1.82) is 0 Å². The topological polar surface area (TPSA) is 74.6 Å². The molecular formula is C17H20O4S. The molecule has 0 aromatic heterocycles. The Morgan fingerprint density at radius 3 is 1.91 bits per heavy atom. The first kappa shape index (κ1) is 16.4. The molecule has 0 unspecified atom stereocenters. The van der Waals surface area contributed by atoms with Crippen molar-refractivity contribution >= 4 is 9.84 Å². The van der Waals surface area contributed by atoms with Crippen molar-refractivity contribution in [1.82, 2.24) is 0 Å². The van der Waals surface area contributed by atoms with Gasteiger partial charge in [-0.15, -0.1) is 0 Å². The molecule has 0 saturated carbocycles. The predicted molar refractivity (Wildman–Crippen MR) is 85.4 cm³/mol. The van der Waals surface area contributed by atoms with Gasteiger partial charge in [-0.05, 0) is 62.9 Å². The number of phenols is 2. The first-order valence-electron chi connectivity index (χ1n) is 6.92. The van der Waals surface area contributed by atoms with E-state index in [2.05, 4.69) is 0 Å². The molecule has 0 atom stereocenters. The van der Waals surface area contributed by atoms with Crippen molar-refractivity contribution in [3.8, 4) is 11.5 Å². The Hall–Kier alpha value is -2.01. The van der Waals surface area contributed by atoms with Gasteiger partial charge < -0.3 is 10.2 Å². The molecule has 0 bridgehead atoms. The normalized spacial score (nSPS) is 11.7. The van der Waals surface area contributed by atoms with Gasteiger partial charge in [-0.2, -0.15) is 0 Å². The summed E-state index contributed by atoms with van der Waals surface area (Å²) in [7, 11) is -3.83. The average molecular weight is 320 g/mol. The van der Waals surface area contributed by atoms with Crippen LogP contribution < -0.4 is 0 Å². The van der Waals surface area contributed by atoms with Crippen LogP contribution in [0.3, 0.4) is 0 Å². The Morgan fingerprint density at radius 2 is 1.32 bits per heavy atom. The summed E-state index contributed by atoms with van der Waals surface area (Å²) in [5.41, 5.74) is 2.73. The number of sulfone groups is 1. The number of aromatic hydroxyl groups is 2. The molecule has 0 aliphatic carbocycles. The van der Waals surface area contributed by atoms with Crippen molar-refractivity contribution < 1.29 is 18.6 Å². The molecule has 0 aliphatic heterocycles. The van der Waals surface area contributed by atoms with Gasteiger partial charge in [-0.3, -0.25) is 0 Å². The van der Waals surface area contributed by atoms with Gasteiger partial charge in [-0.25, -0.2) is 8.42 Å². The number of rotatable bonds is 2. The predicted octanol–water partition coefficient (Wildman–Crippen LogP) is 3.47. The fraction of sp³-hybridized carbons (Fsp3) is 0.294. The lowest BCUT2D eigenvalue weighted by Crippen LogP contribution is -2.09. The summed E-state index contributed by atoms with van der Waals surface area (Å²) in [4.78, 5) is 0.159. The van der Waals surface area contributed by atoms with Gasteiger partial charge in [0.2, 0.25) is 9.84 Å². The Balaban J connectivity index is 2.83. The summed E-state index contributed by atoms with van der Waals surface area (Å²) in [6, 6.07) is 4.56. The molecule has 118 valence electrons. The number of benzene rings is 2. The lowest BCUT2D eigenvalue weighted by atomic mass is 10.1. The standard InChI is InChI=1S/C17H20O4S/c1-9-6-10(2)15(8-14(9)18)22(20,21)17-12(4)7-11(3)16(19)13(17)5/h6-8,18-19H,1-5H3. The molecule has 0 heterocycles. The van der Waals surface area contributed by atoms with Crippen LogP contribution in [0.1, 0.15) is 27.8 Å². The minimum atomic E-state index is -3.83. The van der Waals surface area contributed by atoms with Crippen molar-refractivity contribution in [2.24, 2.45) is 0 Å². The zero-order chi connectivity index (χ0) is 16.8. The van der Waals surface area contributed by atoms with Crippen molar-refractivity contribution in [2.75, 3.05) is 0 Å². The van der Waals surface area contributed by atoms with E-state index in [-0.39, 0.29) is 21.3 Å². The number of phenolic OH excluding ortho intramolecular Hbond substituents is 2. The van der Waals surface area contributed by atoms with Crippen LogP contribution in [-0.4, -0.2) is 18.6 Å². The maximum Gasteiger partial charge on any atom is 0.207 e. The number of hydrogen-bond acceptors (Lipinski definition) is 4. The van der Waals surface area contributed by atoms with E-state index >= 15 is 0 Å². The lowest BCUT2D eigenvalue weighted by molar-refractivity contribution is 0.463. The second-order valence-electron chi connectivity index (χ2n) is 5.72. The third kappa shape index (κ3) is 2.46. The summed E-state index contributed by atoms with van der Waals surface area (Å²) in [6.07, 6.45) is 0. The van der Waals surface area contributed by atoms with E-state index in [1.807, 2.05) is 0 Å². The Morgan fingerprint density at radius 1 is 0.773 bits per heavy atom. The highest BCUT2D eigenvalue weighted by Crippen LogP contribution is 2.36. The molecule has 0 saturated heterocycles. The smallest absolute Gasteiger partial charge is 0.207 e. The Kier molecular flexibility index (Phi) is 3.96. The zero-order valence-electron chi connectivity index (χ0n) is 13.4. The van der Waals surface area contributed by atoms with Gasteiger partial charge in [-0.1, -0.05) is 12.1 Å². The third-order valence-corrected chi connectivity index (χ3v) is 6.10. The first-order chi connectivity index (χ1) is 10.1. The maximum absolute atomic E-state index is 13.0. The molecular weight excluding hydrogens is 300 g/mol. The van der Waals surface area contributed by atoms with E-state index in [9.17, 15) is 18.6 Å². The fourth-order valence-electron chi connectivity index (χ4n) is 2.79. The maximum atomic E-state index is 13.0. The van der Waals surface area contributed by atoms with Gasteiger partial charge >= 0.3 is 0 Å². The Bertz CT molecular complexity index is 865. The van der Waals surface area contributed by atoms with Crippen molar-refractivity contribution in [2.45, 2.75) is 44.4 Å². The second kappa shape index (κ2) is 5.32. The molecule has 0 amide bonds. The highest BCUT2D eigenvalue weighted by Gasteiger charge is 2.27. The average Bonchev–Trinajstić information content (AvgIpc) is 2.39. The number of hydrogen-bond donors (Lipinski definition) is 2. The van der Waals surface area contributed by atoms with Crippen molar-refractivity contribution in [3.05, 3.63) is 46.0 Å². The molecule has 4 nitrogen and oxygen atoms in total. The van der Waals surface area contributed by atoms with Crippen LogP contribution in [0.4, 0.5) is 0 Å². The van der Waals surface area contributed by atoms with Crippen LogP contribution in [0.15, 0.2) is 28.0 Å². The SMILES string of the molecule is Cc1cc(C)c(S(=O)(=O)c2c(C)cc(C)c(O)c2C)cc1O. The van der Waals surface area contributed by atoms with Gasteiger partial charge in [0.05, 0.1) is 9.79 Å². The van der Waals surface area contributed by atoms with E-state index < -0.39 is 9.84 Å². The minimum absolute atomic E-state index is 0.0156. The van der Waals surface area contributed by atoms with Crippen molar-refractivity contribution in [3.63, 3.8) is 0 Å². The lowest BCUT2D eigenvalue weighted by Gasteiger charge is -2.16. The summed E-state index contributed by atoms with van der Waals surface area (Å²) in [5, 5.41) is 19.9. The number of aryl methyl sites for hydroxylation is 4. The second-order valence-corrected chi connectivity index (χ2v) is 7.58. The molecule has 22 heavy (non-hydrogen) atoms. The zero-order valence-corrected chi connectivity index (χ0v) is 14.2. The molecule has 2 aromatic carbocycles. The summed E-state index contributed by atoms with van der Waals surface area (Å²) < 4.78 is 26.0. The van der Waals surface area contributed by atoms with E-state index in [0.29, 0.717) is 27.8 Å². The van der Waals surface area contributed by atoms with Gasteiger partial charge in [0.15, 0.2) is 0 Å². The molecule has 2 aromatic rings. The van der Waals surface area contributed by atoms with E-state index in [1.165, 1.54) is 6.07 Å². The van der Waals surface area contributed by atoms with E-state index in [1.54, 1.807) is 46.8 Å². The van der Waals surface area contributed by atoms with Crippen LogP contribution in [0.5, 0.6) is 11.5 Å². The third-order valence-electron chi connectivity index (χ3n) is 3.91. The molecule has 0 fully saturated rings. The highest BCUT2D eigenvalue weighted by atomic mass is 32.2.